The van der Waals surface area contributed by atoms with Gasteiger partial charge >= 0.3 is 12.0 Å². The molecule has 0 aliphatic rings. The Hall–Kier alpha value is -2.12. The van der Waals surface area contributed by atoms with E-state index in [1.54, 1.807) is 12.1 Å². The van der Waals surface area contributed by atoms with Gasteiger partial charge in [0.05, 0.1) is 6.61 Å². The van der Waals surface area contributed by atoms with E-state index < -0.39 is 0 Å². The van der Waals surface area contributed by atoms with Gasteiger partial charge in [0.15, 0.2) is 0 Å². The van der Waals surface area contributed by atoms with Crippen LogP contribution in [0.3, 0.4) is 0 Å². The van der Waals surface area contributed by atoms with Gasteiger partial charge in [0.1, 0.15) is 5.75 Å². The highest BCUT2D eigenvalue weighted by atomic mass is 35.5. The Kier molecular flexibility index (Phi) is 4.77. The van der Waals surface area contributed by atoms with Crippen molar-refractivity contribution in [2.24, 2.45) is 5.84 Å². The summed E-state index contributed by atoms with van der Waals surface area (Å²) in [5.41, 5.74) is 4.10. The largest absolute Gasteiger partial charge is 0.464 e. The van der Waals surface area contributed by atoms with Crippen molar-refractivity contribution in [1.29, 1.82) is 0 Å². The summed E-state index contributed by atoms with van der Waals surface area (Å²) in [5.74, 6) is 6.12. The number of nitrogen functional groups attached to an aromatic ring is 1. The second kappa shape index (κ2) is 6.55. The van der Waals surface area contributed by atoms with Gasteiger partial charge in [-0.15, -0.1) is 4.98 Å². The lowest BCUT2D eigenvalue weighted by molar-refractivity contribution is 0.303. The molecule has 0 unspecified atom stereocenters. The molecule has 0 saturated carbocycles. The summed E-state index contributed by atoms with van der Waals surface area (Å²) in [6.07, 6.45) is 0. The maximum Gasteiger partial charge on any atom is 0.330 e. The molecule has 112 valence electrons. The van der Waals surface area contributed by atoms with E-state index in [4.69, 9.17) is 26.9 Å². The molecule has 8 heteroatoms. The van der Waals surface area contributed by atoms with E-state index in [1.165, 1.54) is 0 Å². The summed E-state index contributed by atoms with van der Waals surface area (Å²) < 4.78 is 11.0. The van der Waals surface area contributed by atoms with Crippen LogP contribution in [0.5, 0.6) is 17.8 Å². The summed E-state index contributed by atoms with van der Waals surface area (Å²) in [7, 11) is 0. The molecule has 0 amide bonds. The molecule has 2 aromatic rings. The third-order valence-electron chi connectivity index (χ3n) is 2.62. The van der Waals surface area contributed by atoms with Gasteiger partial charge in [-0.25, -0.2) is 5.84 Å². The minimum Gasteiger partial charge on any atom is -0.464 e. The number of rotatable bonds is 5. The minimum atomic E-state index is 0.0925. The Labute approximate surface area is 127 Å². The molecule has 1 aromatic carbocycles. The quantitative estimate of drug-likeness (QED) is 0.647. The van der Waals surface area contributed by atoms with Crippen LogP contribution in [-0.2, 0) is 0 Å². The number of anilines is 1. The number of ether oxygens (including phenoxy) is 2. The lowest BCUT2D eigenvalue weighted by Crippen LogP contribution is -2.13. The molecule has 0 atom stereocenters. The van der Waals surface area contributed by atoms with Crippen LogP contribution < -0.4 is 20.7 Å². The van der Waals surface area contributed by atoms with Gasteiger partial charge in [-0.05, 0) is 44.0 Å². The van der Waals surface area contributed by atoms with Crippen molar-refractivity contribution < 1.29 is 9.47 Å². The molecular formula is C13H16ClN5O2. The third-order valence-corrected chi connectivity index (χ3v) is 2.83. The number of aryl methyl sites for hydroxylation is 2. The van der Waals surface area contributed by atoms with Crippen molar-refractivity contribution in [2.75, 3.05) is 12.0 Å². The molecule has 0 spiro atoms. The molecule has 0 saturated heterocycles. The number of hydrogen-bond donors (Lipinski definition) is 2. The summed E-state index contributed by atoms with van der Waals surface area (Å²) in [6, 6.07) is 3.84. The fourth-order valence-electron chi connectivity index (χ4n) is 1.79. The fourth-order valence-corrected chi connectivity index (χ4v) is 2.12. The third kappa shape index (κ3) is 3.71. The van der Waals surface area contributed by atoms with Crippen molar-refractivity contribution in [3.63, 3.8) is 0 Å². The molecule has 1 aromatic heterocycles. The van der Waals surface area contributed by atoms with Crippen molar-refractivity contribution in [2.45, 2.75) is 20.8 Å². The van der Waals surface area contributed by atoms with Crippen LogP contribution in [0.2, 0.25) is 5.02 Å². The molecule has 0 aliphatic carbocycles. The number of hydrazine groups is 1. The highest BCUT2D eigenvalue weighted by Gasteiger charge is 2.12. The van der Waals surface area contributed by atoms with E-state index in [0.29, 0.717) is 17.4 Å². The summed E-state index contributed by atoms with van der Waals surface area (Å²) in [4.78, 5) is 12.1. The van der Waals surface area contributed by atoms with Crippen molar-refractivity contribution in [3.8, 4) is 17.8 Å². The molecule has 1 heterocycles. The molecule has 0 aliphatic heterocycles. The number of hydrogen-bond acceptors (Lipinski definition) is 7. The van der Waals surface area contributed by atoms with E-state index in [0.717, 1.165) is 11.1 Å². The first-order valence-corrected chi connectivity index (χ1v) is 6.71. The van der Waals surface area contributed by atoms with Crippen molar-refractivity contribution >= 4 is 17.5 Å². The highest BCUT2D eigenvalue weighted by molar-refractivity contribution is 6.30. The molecule has 3 N–H and O–H groups in total. The van der Waals surface area contributed by atoms with E-state index >= 15 is 0 Å². The Bertz CT molecular complexity index is 627. The zero-order valence-corrected chi connectivity index (χ0v) is 12.7. The average Bonchev–Trinajstić information content (AvgIpc) is 2.43. The number of nitrogens with one attached hydrogen (secondary N) is 1. The Morgan fingerprint density at radius 2 is 1.76 bits per heavy atom. The number of nitrogens with zero attached hydrogens (tertiary/aromatic N) is 3. The zero-order chi connectivity index (χ0) is 15.4. The number of benzene rings is 1. The topological polar surface area (TPSA) is 95.2 Å². The maximum atomic E-state index is 6.00. The molecule has 7 nitrogen and oxygen atoms in total. The summed E-state index contributed by atoms with van der Waals surface area (Å²) in [5, 5.41) is 0.646. The van der Waals surface area contributed by atoms with Gasteiger partial charge < -0.3 is 9.47 Å². The highest BCUT2D eigenvalue weighted by Crippen LogP contribution is 2.30. The first kappa shape index (κ1) is 15.3. The minimum absolute atomic E-state index is 0.0925. The average molecular weight is 310 g/mol. The van der Waals surface area contributed by atoms with Crippen LogP contribution in [-0.4, -0.2) is 21.6 Å². The smallest absolute Gasteiger partial charge is 0.330 e. The predicted molar refractivity (Wildman–Crippen MR) is 79.8 cm³/mol. The predicted octanol–water partition coefficient (Wildman–Crippen LogP) is 2.62. The van der Waals surface area contributed by atoms with Crippen LogP contribution in [0.25, 0.3) is 0 Å². The van der Waals surface area contributed by atoms with E-state index in [1.807, 2.05) is 20.8 Å². The van der Waals surface area contributed by atoms with Crippen LogP contribution in [0.15, 0.2) is 12.1 Å². The van der Waals surface area contributed by atoms with Gasteiger partial charge in [0, 0.05) is 5.02 Å². The van der Waals surface area contributed by atoms with Gasteiger partial charge in [-0.3, -0.25) is 5.43 Å². The lowest BCUT2D eigenvalue weighted by Gasteiger charge is -2.12. The molecule has 2 rings (SSSR count). The number of halogens is 1. The molecular weight excluding hydrogens is 294 g/mol. The van der Waals surface area contributed by atoms with Crippen LogP contribution in [0, 0.1) is 13.8 Å². The van der Waals surface area contributed by atoms with Crippen molar-refractivity contribution in [3.05, 3.63) is 28.3 Å². The molecule has 21 heavy (non-hydrogen) atoms. The number of nitrogens with two attached hydrogens (primary N) is 1. The van der Waals surface area contributed by atoms with Crippen LogP contribution >= 0.6 is 11.6 Å². The Morgan fingerprint density at radius 3 is 2.33 bits per heavy atom. The van der Waals surface area contributed by atoms with Gasteiger partial charge in [0.25, 0.3) is 0 Å². The van der Waals surface area contributed by atoms with Crippen LogP contribution in [0.1, 0.15) is 18.1 Å². The van der Waals surface area contributed by atoms with Gasteiger partial charge in [-0.1, -0.05) is 11.6 Å². The van der Waals surface area contributed by atoms with Crippen molar-refractivity contribution in [1.82, 2.24) is 15.0 Å². The van der Waals surface area contributed by atoms with E-state index in [9.17, 15) is 0 Å². The second-order valence-corrected chi connectivity index (χ2v) is 4.71. The maximum absolute atomic E-state index is 6.00. The summed E-state index contributed by atoms with van der Waals surface area (Å²) in [6.45, 7) is 6.03. The second-order valence-electron chi connectivity index (χ2n) is 4.27. The first-order valence-electron chi connectivity index (χ1n) is 6.33. The summed E-state index contributed by atoms with van der Waals surface area (Å²) >= 11 is 6.00. The first-order chi connectivity index (χ1) is 10.0. The Balaban J connectivity index is 2.37. The lowest BCUT2D eigenvalue weighted by atomic mass is 10.1. The molecule has 0 fully saturated rings. The molecule has 0 radical (unpaired) electrons. The van der Waals surface area contributed by atoms with E-state index in [2.05, 4.69) is 20.4 Å². The zero-order valence-electron chi connectivity index (χ0n) is 12.0. The van der Waals surface area contributed by atoms with Gasteiger partial charge in [-0.2, -0.15) is 9.97 Å². The molecule has 0 bridgehead atoms. The number of aromatic nitrogens is 3. The Morgan fingerprint density at radius 1 is 1.14 bits per heavy atom. The van der Waals surface area contributed by atoms with Gasteiger partial charge in [0.2, 0.25) is 5.95 Å². The van der Waals surface area contributed by atoms with E-state index in [-0.39, 0.29) is 18.0 Å². The fraction of sp³-hybridized carbons (Fsp3) is 0.308. The van der Waals surface area contributed by atoms with Crippen LogP contribution in [0.4, 0.5) is 5.95 Å². The monoisotopic (exact) mass is 309 g/mol. The SMILES string of the molecule is CCOc1nc(NN)nc(Oc2c(C)cc(Cl)cc2C)n1. The standard InChI is InChI=1S/C13H16ClN5O2/c1-4-20-12-16-11(19-15)17-13(18-12)21-10-7(2)5-9(14)6-8(10)3/h5-6H,4,15H2,1-3H3,(H,16,17,18,19). The normalized spacial score (nSPS) is 10.3.